The van der Waals surface area contributed by atoms with Gasteiger partial charge in [0.2, 0.25) is 5.91 Å². The van der Waals surface area contributed by atoms with Gasteiger partial charge in [0.05, 0.1) is 5.02 Å². The zero-order chi connectivity index (χ0) is 24.1. The first-order valence-electron chi connectivity index (χ1n) is 9.81. The van der Waals surface area contributed by atoms with Crippen molar-refractivity contribution in [3.8, 4) is 0 Å². The number of carbonyl (C=O) groups excluding carboxylic acids is 2. The van der Waals surface area contributed by atoms with Crippen LogP contribution < -0.4 is 11.1 Å². The monoisotopic (exact) mass is 524 g/mol. The smallest absolute Gasteiger partial charge is 0.255 e. The van der Waals surface area contributed by atoms with E-state index in [1.54, 1.807) is 31.2 Å². The Bertz CT molecular complexity index is 1280. The van der Waals surface area contributed by atoms with Gasteiger partial charge in [-0.1, -0.05) is 70.7 Å². The maximum Gasteiger partial charge on any atom is 0.255 e. The zero-order valence-corrected chi connectivity index (χ0v) is 20.2. The third kappa shape index (κ3) is 3.77. The van der Waals surface area contributed by atoms with Gasteiger partial charge >= 0.3 is 0 Å². The highest BCUT2D eigenvalue weighted by Gasteiger charge is 2.80. The molecule has 1 saturated carbocycles. The first-order valence-corrected chi connectivity index (χ1v) is 11.3. The van der Waals surface area contributed by atoms with Crippen LogP contribution in [0.4, 0.5) is 10.1 Å². The normalized spacial score (nSPS) is 20.8. The molecule has 1 aliphatic carbocycles. The number of rotatable bonds is 5. The fourth-order valence-electron chi connectivity index (χ4n) is 4.23. The van der Waals surface area contributed by atoms with E-state index in [0.717, 1.165) is 6.07 Å². The molecular formula is C24H17Cl4FN2O2. The van der Waals surface area contributed by atoms with Gasteiger partial charge in [0, 0.05) is 22.2 Å². The van der Waals surface area contributed by atoms with Gasteiger partial charge < -0.3 is 11.1 Å². The summed E-state index contributed by atoms with van der Waals surface area (Å²) in [6.07, 6.45) is 0. The topological polar surface area (TPSA) is 72.2 Å². The average Bonchev–Trinajstić information content (AvgIpc) is 3.30. The highest BCUT2D eigenvalue weighted by atomic mass is 35.5. The molecular weight excluding hydrogens is 509 g/mol. The van der Waals surface area contributed by atoms with Crippen molar-refractivity contribution >= 4 is 63.9 Å². The highest BCUT2D eigenvalue weighted by Crippen LogP contribution is 2.74. The van der Waals surface area contributed by atoms with Gasteiger partial charge in [-0.2, -0.15) is 0 Å². The number of alkyl halides is 2. The number of nitrogens with one attached hydrogen (secondary N) is 1. The second-order valence-corrected chi connectivity index (χ2v) is 10.1. The van der Waals surface area contributed by atoms with Crippen molar-refractivity contribution in [2.24, 2.45) is 5.73 Å². The Morgan fingerprint density at radius 3 is 2.27 bits per heavy atom. The molecule has 0 aliphatic heterocycles. The van der Waals surface area contributed by atoms with Crippen LogP contribution in [0.1, 0.15) is 33.0 Å². The number of hydrogen-bond acceptors (Lipinski definition) is 2. The molecule has 4 rings (SSSR count). The molecule has 0 heterocycles. The van der Waals surface area contributed by atoms with Crippen LogP contribution >= 0.6 is 46.4 Å². The first kappa shape index (κ1) is 23.8. The van der Waals surface area contributed by atoms with Crippen LogP contribution in [-0.2, 0) is 10.2 Å². The summed E-state index contributed by atoms with van der Waals surface area (Å²) in [7, 11) is 0. The maximum atomic E-state index is 13.7. The Kier molecular flexibility index (Phi) is 6.12. The third-order valence-electron chi connectivity index (χ3n) is 5.98. The summed E-state index contributed by atoms with van der Waals surface area (Å²) in [5.74, 6) is -2.71. The maximum absolute atomic E-state index is 13.7. The van der Waals surface area contributed by atoms with Crippen molar-refractivity contribution in [2.75, 3.05) is 5.32 Å². The molecule has 3 aromatic carbocycles. The van der Waals surface area contributed by atoms with Crippen molar-refractivity contribution in [1.82, 2.24) is 0 Å². The minimum Gasteiger partial charge on any atom is -0.369 e. The van der Waals surface area contributed by atoms with Crippen LogP contribution in [-0.4, -0.2) is 16.1 Å². The van der Waals surface area contributed by atoms with Crippen LogP contribution in [0.25, 0.3) is 0 Å². The van der Waals surface area contributed by atoms with E-state index in [4.69, 9.17) is 52.1 Å². The molecule has 2 amide bonds. The lowest BCUT2D eigenvalue weighted by Gasteiger charge is -2.19. The van der Waals surface area contributed by atoms with Gasteiger partial charge in [-0.15, -0.1) is 0 Å². The van der Waals surface area contributed by atoms with Crippen molar-refractivity contribution in [2.45, 2.75) is 22.6 Å². The number of amides is 2. The summed E-state index contributed by atoms with van der Waals surface area (Å²) < 4.78 is 12.0. The molecule has 33 heavy (non-hydrogen) atoms. The molecule has 2 atom stereocenters. The lowest BCUT2D eigenvalue weighted by molar-refractivity contribution is -0.120. The lowest BCUT2D eigenvalue weighted by atomic mass is 9.87. The standard InChI is InChI=1S/C24H17Cl4FN2O2/c1-12-16(21(32)31-15-5-3-2-4-6-15)10-14(11-17(12)25)23(22(30)33)20(24(23,27)28)13-7-8-19(29)18(26)9-13/h2-11,20H,1H3,(H2,30,33)(H,31,32). The molecule has 170 valence electrons. The van der Waals surface area contributed by atoms with Crippen LogP contribution in [0, 0.1) is 12.7 Å². The van der Waals surface area contributed by atoms with E-state index in [9.17, 15) is 14.0 Å². The molecule has 0 radical (unpaired) electrons. The number of halogens is 5. The molecule has 4 nitrogen and oxygen atoms in total. The summed E-state index contributed by atoms with van der Waals surface area (Å²) >= 11 is 25.6. The highest BCUT2D eigenvalue weighted by molar-refractivity contribution is 6.55. The number of para-hydroxylation sites is 1. The lowest BCUT2D eigenvalue weighted by Crippen LogP contribution is -2.34. The SMILES string of the molecule is Cc1c(Cl)cc(C2(C(N)=O)C(c3ccc(F)c(Cl)c3)C2(Cl)Cl)cc1C(=O)Nc1ccccc1. The van der Waals surface area contributed by atoms with Crippen LogP contribution in [0.3, 0.4) is 0 Å². The van der Waals surface area contributed by atoms with Gasteiger partial charge in [-0.05, 0) is 60.0 Å². The molecule has 3 N–H and O–H groups in total. The molecule has 0 aromatic heterocycles. The number of anilines is 1. The van der Waals surface area contributed by atoms with E-state index in [1.807, 2.05) is 6.07 Å². The summed E-state index contributed by atoms with van der Waals surface area (Å²) in [6.45, 7) is 1.68. The van der Waals surface area contributed by atoms with Crippen LogP contribution in [0.2, 0.25) is 10.0 Å². The second kappa shape index (κ2) is 8.48. The summed E-state index contributed by atoms with van der Waals surface area (Å²) in [4.78, 5) is 25.8. The Hall–Kier alpha value is -2.31. The third-order valence-corrected chi connectivity index (χ3v) is 7.69. The first-order chi connectivity index (χ1) is 15.5. The minimum absolute atomic E-state index is 0.147. The van der Waals surface area contributed by atoms with Crippen molar-refractivity contribution in [3.05, 3.63) is 98.8 Å². The molecule has 3 aromatic rings. The average molecular weight is 526 g/mol. The predicted octanol–water partition coefficient (Wildman–Crippen LogP) is 6.39. The Labute approximate surface area is 209 Å². The quantitative estimate of drug-likeness (QED) is 0.379. The number of hydrogen-bond donors (Lipinski definition) is 2. The van der Waals surface area contributed by atoms with Crippen molar-refractivity contribution in [3.63, 3.8) is 0 Å². The number of primary amides is 1. The molecule has 0 saturated heterocycles. The molecule has 1 fully saturated rings. The Morgan fingerprint density at radius 1 is 1.00 bits per heavy atom. The summed E-state index contributed by atoms with van der Waals surface area (Å²) in [6, 6.07) is 15.8. The van der Waals surface area contributed by atoms with E-state index in [1.165, 1.54) is 24.3 Å². The van der Waals surface area contributed by atoms with E-state index in [-0.39, 0.29) is 21.2 Å². The van der Waals surface area contributed by atoms with Gasteiger partial charge in [0.15, 0.2) is 0 Å². The predicted molar refractivity (Wildman–Crippen MR) is 130 cm³/mol. The summed E-state index contributed by atoms with van der Waals surface area (Å²) in [5, 5.41) is 2.88. The Balaban J connectivity index is 1.83. The van der Waals surface area contributed by atoms with E-state index in [0.29, 0.717) is 16.8 Å². The van der Waals surface area contributed by atoms with Gasteiger partial charge in [-0.25, -0.2) is 4.39 Å². The van der Waals surface area contributed by atoms with E-state index in [2.05, 4.69) is 5.32 Å². The number of nitrogens with two attached hydrogens (primary N) is 1. The summed E-state index contributed by atoms with van der Waals surface area (Å²) in [5.41, 5.74) is 6.23. The molecule has 1 aliphatic rings. The molecule has 9 heteroatoms. The largest absolute Gasteiger partial charge is 0.369 e. The van der Waals surface area contributed by atoms with Crippen LogP contribution in [0.5, 0.6) is 0 Å². The zero-order valence-electron chi connectivity index (χ0n) is 17.1. The molecule has 0 spiro atoms. The van der Waals surface area contributed by atoms with Crippen molar-refractivity contribution in [1.29, 1.82) is 0 Å². The van der Waals surface area contributed by atoms with Gasteiger partial charge in [-0.3, -0.25) is 9.59 Å². The van der Waals surface area contributed by atoms with Gasteiger partial charge in [0.1, 0.15) is 15.6 Å². The molecule has 0 bridgehead atoms. The minimum atomic E-state index is -1.67. The fourth-order valence-corrected chi connectivity index (χ4v) is 5.73. The van der Waals surface area contributed by atoms with Crippen molar-refractivity contribution < 1.29 is 14.0 Å². The number of benzene rings is 3. The molecule has 2 unspecified atom stereocenters. The number of carbonyl (C=O) groups is 2. The van der Waals surface area contributed by atoms with Gasteiger partial charge in [0.25, 0.3) is 5.91 Å². The van der Waals surface area contributed by atoms with E-state index < -0.39 is 33.3 Å². The fraction of sp³-hybridized carbons (Fsp3) is 0.167. The van der Waals surface area contributed by atoms with Crippen LogP contribution in [0.15, 0.2) is 60.7 Å². The second-order valence-electron chi connectivity index (χ2n) is 7.85. The van der Waals surface area contributed by atoms with E-state index >= 15 is 0 Å². The Morgan fingerprint density at radius 2 is 1.67 bits per heavy atom.